The maximum atomic E-state index is 12.8. The van der Waals surface area contributed by atoms with Gasteiger partial charge in [-0.2, -0.15) is 4.31 Å². The van der Waals surface area contributed by atoms with E-state index in [0.717, 1.165) is 37.9 Å². The van der Waals surface area contributed by atoms with Crippen molar-refractivity contribution in [1.29, 1.82) is 0 Å². The van der Waals surface area contributed by atoms with Crippen LogP contribution in [0.5, 0.6) is 5.75 Å². The predicted octanol–water partition coefficient (Wildman–Crippen LogP) is 3.39. The van der Waals surface area contributed by atoms with Gasteiger partial charge in [-0.1, -0.05) is 6.07 Å². The molecule has 2 saturated heterocycles. The molecule has 2 heterocycles. The van der Waals surface area contributed by atoms with Crippen LogP contribution < -0.4 is 4.74 Å². The largest absolute Gasteiger partial charge is 0.573 e. The first kappa shape index (κ1) is 21.9. The fourth-order valence-electron chi connectivity index (χ4n) is 3.98. The quantitative estimate of drug-likeness (QED) is 0.729. The molecular weight excluding hydrogens is 409 g/mol. The van der Waals surface area contributed by atoms with E-state index < -0.39 is 22.1 Å². The predicted molar refractivity (Wildman–Crippen MR) is 99.6 cm³/mol. The smallest absolute Gasteiger partial charge is 0.406 e. The number of hydrogen-bond donors (Lipinski definition) is 0. The lowest BCUT2D eigenvalue weighted by atomic mass is 9.94. The van der Waals surface area contributed by atoms with Crippen LogP contribution in [-0.2, 0) is 14.8 Å². The van der Waals surface area contributed by atoms with Gasteiger partial charge in [0.15, 0.2) is 0 Å². The lowest BCUT2D eigenvalue weighted by Crippen LogP contribution is -2.48. The normalized spacial score (nSPS) is 22.5. The molecule has 3 rings (SSSR count). The van der Waals surface area contributed by atoms with Gasteiger partial charge in [-0.15, -0.1) is 13.2 Å². The summed E-state index contributed by atoms with van der Waals surface area (Å²) in [6.45, 7) is 3.09. The van der Waals surface area contributed by atoms with Gasteiger partial charge in [0.1, 0.15) is 5.75 Å². The van der Waals surface area contributed by atoms with Crippen molar-refractivity contribution in [2.24, 2.45) is 5.92 Å². The van der Waals surface area contributed by atoms with Crippen LogP contribution >= 0.6 is 0 Å². The molecule has 10 heteroatoms. The molecule has 0 spiro atoms. The highest BCUT2D eigenvalue weighted by Gasteiger charge is 2.36. The Morgan fingerprint density at radius 1 is 1.10 bits per heavy atom. The van der Waals surface area contributed by atoms with Crippen LogP contribution in [-0.4, -0.2) is 55.6 Å². The van der Waals surface area contributed by atoms with Crippen molar-refractivity contribution >= 4 is 15.9 Å². The number of piperidine rings is 2. The zero-order valence-electron chi connectivity index (χ0n) is 16.2. The molecule has 0 saturated carbocycles. The first-order valence-corrected chi connectivity index (χ1v) is 11.2. The fraction of sp³-hybridized carbons (Fsp3) is 0.632. The summed E-state index contributed by atoms with van der Waals surface area (Å²) in [7, 11) is -3.96. The van der Waals surface area contributed by atoms with Crippen molar-refractivity contribution in [3.05, 3.63) is 24.3 Å². The molecule has 0 unspecified atom stereocenters. The van der Waals surface area contributed by atoms with Gasteiger partial charge in [0.25, 0.3) is 0 Å². The fourth-order valence-corrected chi connectivity index (χ4v) is 5.49. The van der Waals surface area contributed by atoms with E-state index in [1.54, 1.807) is 0 Å². The SMILES string of the molecule is C[C@@H]1CCCCN1C(=O)C1CCN(S(=O)(=O)c2cccc(OC(F)(F)F)c2)CC1. The molecule has 162 valence electrons. The van der Waals surface area contributed by atoms with E-state index in [1.165, 1.54) is 16.4 Å². The summed E-state index contributed by atoms with van der Waals surface area (Å²) in [5.41, 5.74) is 0. The third kappa shape index (κ3) is 5.22. The summed E-state index contributed by atoms with van der Waals surface area (Å²) in [4.78, 5) is 14.4. The van der Waals surface area contributed by atoms with Gasteiger partial charge in [0.2, 0.25) is 15.9 Å². The Labute approximate surface area is 168 Å². The maximum Gasteiger partial charge on any atom is 0.573 e. The summed E-state index contributed by atoms with van der Waals surface area (Å²) >= 11 is 0. The average molecular weight is 434 g/mol. The van der Waals surface area contributed by atoms with Gasteiger partial charge >= 0.3 is 6.36 Å². The highest BCUT2D eigenvalue weighted by atomic mass is 32.2. The van der Waals surface area contributed by atoms with E-state index in [-0.39, 0.29) is 35.9 Å². The van der Waals surface area contributed by atoms with Crippen molar-refractivity contribution in [2.45, 2.75) is 56.3 Å². The van der Waals surface area contributed by atoms with Gasteiger partial charge in [0, 0.05) is 37.7 Å². The Bertz CT molecular complexity index is 836. The Hall–Kier alpha value is -1.81. The number of rotatable bonds is 4. The van der Waals surface area contributed by atoms with E-state index in [2.05, 4.69) is 4.74 Å². The van der Waals surface area contributed by atoms with E-state index in [9.17, 15) is 26.4 Å². The number of benzene rings is 1. The molecule has 1 aromatic carbocycles. The number of carbonyl (C=O) groups is 1. The van der Waals surface area contributed by atoms with Crippen LogP contribution in [0.1, 0.15) is 39.0 Å². The molecule has 6 nitrogen and oxygen atoms in total. The number of carbonyl (C=O) groups excluding carboxylic acids is 1. The average Bonchev–Trinajstić information content (AvgIpc) is 2.67. The molecule has 2 aliphatic rings. The summed E-state index contributed by atoms with van der Waals surface area (Å²) in [6.07, 6.45) is -1.01. The van der Waals surface area contributed by atoms with Crippen LogP contribution in [0.15, 0.2) is 29.2 Å². The molecule has 2 fully saturated rings. The molecule has 29 heavy (non-hydrogen) atoms. The first-order valence-electron chi connectivity index (χ1n) is 9.74. The van der Waals surface area contributed by atoms with Crippen molar-refractivity contribution < 1.29 is 31.1 Å². The first-order chi connectivity index (χ1) is 13.6. The second-order valence-corrected chi connectivity index (χ2v) is 9.52. The number of alkyl halides is 3. The minimum Gasteiger partial charge on any atom is -0.406 e. The highest BCUT2D eigenvalue weighted by molar-refractivity contribution is 7.89. The van der Waals surface area contributed by atoms with Crippen LogP contribution in [0, 0.1) is 5.92 Å². The minimum atomic E-state index is -4.90. The van der Waals surface area contributed by atoms with E-state index >= 15 is 0 Å². The number of amides is 1. The number of likely N-dealkylation sites (tertiary alicyclic amines) is 1. The summed E-state index contributed by atoms with van der Waals surface area (Å²) in [6, 6.07) is 4.58. The monoisotopic (exact) mass is 434 g/mol. The van der Waals surface area contributed by atoms with Crippen molar-refractivity contribution in [3.8, 4) is 5.75 Å². The number of ether oxygens (including phenoxy) is 1. The molecular formula is C19H25F3N2O4S. The van der Waals surface area contributed by atoms with E-state index in [0.29, 0.717) is 12.8 Å². The molecule has 0 aliphatic carbocycles. The van der Waals surface area contributed by atoms with Crippen LogP contribution in [0.4, 0.5) is 13.2 Å². The van der Waals surface area contributed by atoms with Crippen LogP contribution in [0.2, 0.25) is 0 Å². The van der Waals surface area contributed by atoms with Crippen molar-refractivity contribution in [1.82, 2.24) is 9.21 Å². The van der Waals surface area contributed by atoms with Gasteiger partial charge < -0.3 is 9.64 Å². The third-order valence-electron chi connectivity index (χ3n) is 5.57. The number of hydrogen-bond acceptors (Lipinski definition) is 4. The molecule has 0 aromatic heterocycles. The van der Waals surface area contributed by atoms with Gasteiger partial charge in [-0.05, 0) is 51.2 Å². The lowest BCUT2D eigenvalue weighted by molar-refractivity contribution is -0.274. The zero-order chi connectivity index (χ0) is 21.2. The van der Waals surface area contributed by atoms with Crippen molar-refractivity contribution in [3.63, 3.8) is 0 Å². The van der Waals surface area contributed by atoms with Crippen LogP contribution in [0.3, 0.4) is 0 Å². The molecule has 1 aromatic rings. The number of halogens is 3. The Balaban J connectivity index is 1.65. The second-order valence-electron chi connectivity index (χ2n) is 7.58. The van der Waals surface area contributed by atoms with Gasteiger partial charge in [-0.25, -0.2) is 8.42 Å². The Morgan fingerprint density at radius 3 is 2.41 bits per heavy atom. The minimum absolute atomic E-state index is 0.0785. The second kappa shape index (κ2) is 8.51. The topological polar surface area (TPSA) is 66.9 Å². The van der Waals surface area contributed by atoms with Gasteiger partial charge in [0.05, 0.1) is 4.90 Å². The van der Waals surface area contributed by atoms with Gasteiger partial charge in [-0.3, -0.25) is 4.79 Å². The number of sulfonamides is 1. The summed E-state index contributed by atoms with van der Waals surface area (Å²) in [5.74, 6) is -0.723. The number of nitrogens with zero attached hydrogens (tertiary/aromatic N) is 2. The lowest BCUT2D eigenvalue weighted by Gasteiger charge is -2.38. The summed E-state index contributed by atoms with van der Waals surface area (Å²) < 4.78 is 67.9. The third-order valence-corrected chi connectivity index (χ3v) is 7.46. The highest BCUT2D eigenvalue weighted by Crippen LogP contribution is 2.30. The Morgan fingerprint density at radius 2 is 1.79 bits per heavy atom. The van der Waals surface area contributed by atoms with E-state index in [4.69, 9.17) is 0 Å². The molecule has 0 radical (unpaired) electrons. The molecule has 0 N–H and O–H groups in total. The molecule has 1 atom stereocenters. The van der Waals surface area contributed by atoms with E-state index in [1.807, 2.05) is 11.8 Å². The standard InChI is InChI=1S/C19H25F3N2O4S/c1-14-5-2-3-10-24(14)18(25)15-8-11-23(12-9-15)29(26,27)17-7-4-6-16(13-17)28-19(20,21)22/h4,6-7,13-15H,2-3,5,8-12H2,1H3/t14-/m1/s1. The molecule has 2 aliphatic heterocycles. The van der Waals surface area contributed by atoms with Crippen LogP contribution in [0.25, 0.3) is 0 Å². The maximum absolute atomic E-state index is 12.8. The zero-order valence-corrected chi connectivity index (χ0v) is 17.0. The Kier molecular flexibility index (Phi) is 6.42. The summed E-state index contributed by atoms with van der Waals surface area (Å²) in [5, 5.41) is 0. The molecule has 1 amide bonds. The van der Waals surface area contributed by atoms with Crippen molar-refractivity contribution in [2.75, 3.05) is 19.6 Å². The molecule has 0 bridgehead atoms.